The second-order valence-corrected chi connectivity index (χ2v) is 9.80. The van der Waals surface area contributed by atoms with Crippen molar-refractivity contribution in [2.45, 2.75) is 16.2 Å². The number of methoxy groups -OCH3 is 1. The number of esters is 1. The number of rotatable bonds is 7. The number of thioether (sulfide) groups is 1. The highest BCUT2D eigenvalue weighted by molar-refractivity contribution is 8.00. The summed E-state index contributed by atoms with van der Waals surface area (Å²) in [6, 6.07) is 1.88. The maximum Gasteiger partial charge on any atom is 0.348 e. The number of carbonyl (C=O) groups excluding carboxylic acids is 1. The summed E-state index contributed by atoms with van der Waals surface area (Å²) in [5.41, 5.74) is 1.48. The van der Waals surface area contributed by atoms with Crippen molar-refractivity contribution in [2.24, 2.45) is 4.99 Å². The number of allylic oxidation sites excluding steroid dienone is 1. The third-order valence-corrected chi connectivity index (χ3v) is 8.36. The average Bonchev–Trinajstić information content (AvgIpc) is 3.51. The van der Waals surface area contributed by atoms with Crippen molar-refractivity contribution in [1.29, 1.82) is 0 Å². The van der Waals surface area contributed by atoms with Crippen molar-refractivity contribution in [1.82, 2.24) is 9.88 Å². The molecule has 0 bridgehead atoms. The molecule has 6 nitrogen and oxygen atoms in total. The molecule has 0 aromatic carbocycles. The Kier molecular flexibility index (Phi) is 6.50. The van der Waals surface area contributed by atoms with E-state index in [1.165, 1.54) is 18.4 Å². The molecular formula is C20H23N3O3S3. The van der Waals surface area contributed by atoms with Crippen molar-refractivity contribution >= 4 is 46.6 Å². The third-order valence-electron chi connectivity index (χ3n) is 5.10. The predicted molar refractivity (Wildman–Crippen MR) is 120 cm³/mol. The molecular weight excluding hydrogens is 426 g/mol. The zero-order valence-corrected chi connectivity index (χ0v) is 18.9. The molecule has 0 radical (unpaired) electrons. The molecule has 0 aliphatic carbocycles. The van der Waals surface area contributed by atoms with Gasteiger partial charge < -0.3 is 9.47 Å². The fourth-order valence-electron chi connectivity index (χ4n) is 3.46. The van der Waals surface area contributed by atoms with Gasteiger partial charge in [0.2, 0.25) is 0 Å². The van der Waals surface area contributed by atoms with Crippen LogP contribution in [-0.4, -0.2) is 68.3 Å². The van der Waals surface area contributed by atoms with Crippen LogP contribution < -0.4 is 0 Å². The third kappa shape index (κ3) is 4.34. The van der Waals surface area contributed by atoms with Crippen molar-refractivity contribution in [3.63, 3.8) is 0 Å². The Bertz CT molecular complexity index is 917. The van der Waals surface area contributed by atoms with Crippen LogP contribution in [0.5, 0.6) is 0 Å². The molecule has 2 aliphatic rings. The van der Waals surface area contributed by atoms with Gasteiger partial charge in [-0.25, -0.2) is 9.78 Å². The lowest BCUT2D eigenvalue weighted by molar-refractivity contribution is 0.0355. The van der Waals surface area contributed by atoms with E-state index in [1.54, 1.807) is 23.1 Å². The van der Waals surface area contributed by atoms with Gasteiger partial charge in [0, 0.05) is 36.8 Å². The van der Waals surface area contributed by atoms with Gasteiger partial charge in [0.1, 0.15) is 15.4 Å². The summed E-state index contributed by atoms with van der Waals surface area (Å²) in [5.74, 6) is -0.308. The van der Waals surface area contributed by atoms with Crippen LogP contribution in [0.2, 0.25) is 0 Å². The normalized spacial score (nSPS) is 21.7. The molecule has 1 saturated heterocycles. The largest absolute Gasteiger partial charge is 0.465 e. The molecule has 0 N–H and O–H groups in total. The van der Waals surface area contributed by atoms with Crippen LogP contribution in [0.15, 0.2) is 32.8 Å². The van der Waals surface area contributed by atoms with E-state index in [9.17, 15) is 4.79 Å². The molecule has 9 heteroatoms. The first-order valence-electron chi connectivity index (χ1n) is 9.41. The van der Waals surface area contributed by atoms with Crippen molar-refractivity contribution in [3.05, 3.63) is 33.5 Å². The Morgan fingerprint density at radius 3 is 2.93 bits per heavy atom. The Balaban J connectivity index is 1.58. The first-order chi connectivity index (χ1) is 14.1. The maximum atomic E-state index is 11.9. The number of aliphatic imine (C=N–C) groups is 1. The number of nitrogens with zero attached hydrogens (tertiary/aromatic N) is 3. The molecule has 29 heavy (non-hydrogen) atoms. The lowest BCUT2D eigenvalue weighted by Crippen LogP contribution is -2.39. The van der Waals surface area contributed by atoms with Gasteiger partial charge in [0.05, 0.1) is 30.2 Å². The van der Waals surface area contributed by atoms with E-state index < -0.39 is 5.54 Å². The number of aromatic nitrogens is 1. The monoisotopic (exact) mass is 449 g/mol. The van der Waals surface area contributed by atoms with Gasteiger partial charge >= 0.3 is 5.97 Å². The lowest BCUT2D eigenvalue weighted by atomic mass is 9.97. The number of morpholine rings is 1. The van der Waals surface area contributed by atoms with Crippen molar-refractivity contribution in [3.8, 4) is 11.3 Å². The highest BCUT2D eigenvalue weighted by atomic mass is 32.2. The highest BCUT2D eigenvalue weighted by Gasteiger charge is 2.34. The minimum atomic E-state index is -0.401. The van der Waals surface area contributed by atoms with Gasteiger partial charge in [-0.3, -0.25) is 9.89 Å². The van der Waals surface area contributed by atoms with Gasteiger partial charge in [-0.2, -0.15) is 0 Å². The van der Waals surface area contributed by atoms with E-state index >= 15 is 0 Å². The lowest BCUT2D eigenvalue weighted by Gasteiger charge is -2.30. The van der Waals surface area contributed by atoms with Crippen LogP contribution in [0, 0.1) is 0 Å². The summed E-state index contributed by atoms with van der Waals surface area (Å²) in [7, 11) is 1.41. The standard InChI is InChI=1S/C20H23N3O3S3/c1-25-17(24)16-12-14(18(27-2)29-16)15-13-28-19(22-15)20(4-3-6-21-20)5-7-23-8-10-26-11-9-23/h3-4,6,12-13H,5,7-11H2,1-2H3. The molecule has 0 amide bonds. The van der Waals surface area contributed by atoms with Crippen LogP contribution in [0.3, 0.4) is 0 Å². The molecule has 0 spiro atoms. The number of thiazole rings is 1. The topological polar surface area (TPSA) is 64.0 Å². The zero-order chi connectivity index (χ0) is 20.3. The SMILES string of the molecule is COC(=O)c1cc(-c2csc(C3(CCN4CCOCC4)C=CC=N3)n2)c(SC)s1. The van der Waals surface area contributed by atoms with Gasteiger partial charge in [-0.05, 0) is 30.9 Å². The van der Waals surface area contributed by atoms with Crippen LogP contribution >= 0.6 is 34.4 Å². The number of hydrogen-bond donors (Lipinski definition) is 0. The van der Waals surface area contributed by atoms with Gasteiger partial charge in [0.25, 0.3) is 0 Å². The smallest absolute Gasteiger partial charge is 0.348 e. The Morgan fingerprint density at radius 1 is 1.41 bits per heavy atom. The Morgan fingerprint density at radius 2 is 2.24 bits per heavy atom. The highest BCUT2D eigenvalue weighted by Crippen LogP contribution is 2.42. The average molecular weight is 450 g/mol. The van der Waals surface area contributed by atoms with Crippen LogP contribution in [-0.2, 0) is 15.0 Å². The van der Waals surface area contributed by atoms with Crippen molar-refractivity contribution in [2.75, 3.05) is 46.2 Å². The van der Waals surface area contributed by atoms with Crippen LogP contribution in [0.25, 0.3) is 11.3 Å². The van der Waals surface area contributed by atoms with E-state index in [4.69, 9.17) is 19.5 Å². The molecule has 4 rings (SSSR count). The number of hydrogen-bond acceptors (Lipinski definition) is 9. The second kappa shape index (κ2) is 9.09. The molecule has 0 saturated carbocycles. The minimum absolute atomic E-state index is 0.308. The molecule has 4 heterocycles. The summed E-state index contributed by atoms with van der Waals surface area (Å²) >= 11 is 4.70. The van der Waals surface area contributed by atoms with Gasteiger partial charge in [-0.15, -0.1) is 34.4 Å². The zero-order valence-electron chi connectivity index (χ0n) is 16.4. The Labute approximate surface area is 182 Å². The van der Waals surface area contributed by atoms with E-state index in [-0.39, 0.29) is 5.97 Å². The van der Waals surface area contributed by atoms with E-state index in [2.05, 4.69) is 16.4 Å². The van der Waals surface area contributed by atoms with Crippen LogP contribution in [0.1, 0.15) is 21.1 Å². The number of carbonyl (C=O) groups is 1. The predicted octanol–water partition coefficient (Wildman–Crippen LogP) is 3.94. The van der Waals surface area contributed by atoms with E-state index in [0.29, 0.717) is 4.88 Å². The number of ether oxygens (including phenoxy) is 2. The quantitative estimate of drug-likeness (QED) is 0.471. The maximum absolute atomic E-state index is 11.9. The van der Waals surface area contributed by atoms with Gasteiger partial charge in [-0.1, -0.05) is 0 Å². The summed E-state index contributed by atoms with van der Waals surface area (Å²) < 4.78 is 11.4. The van der Waals surface area contributed by atoms with Gasteiger partial charge in [0.15, 0.2) is 0 Å². The molecule has 1 fully saturated rings. The molecule has 2 aromatic rings. The second-order valence-electron chi connectivity index (χ2n) is 6.81. The molecule has 2 aromatic heterocycles. The summed E-state index contributed by atoms with van der Waals surface area (Å²) in [4.78, 5) is 24.7. The first-order valence-corrected chi connectivity index (χ1v) is 12.3. The van der Waals surface area contributed by atoms with E-state index in [1.807, 2.05) is 24.6 Å². The molecule has 2 aliphatic heterocycles. The fourth-order valence-corrected chi connectivity index (χ4v) is 6.24. The Hall–Kier alpha value is -1.52. The van der Waals surface area contributed by atoms with Crippen molar-refractivity contribution < 1.29 is 14.3 Å². The molecule has 154 valence electrons. The summed E-state index contributed by atoms with van der Waals surface area (Å²) in [6.07, 6.45) is 8.93. The summed E-state index contributed by atoms with van der Waals surface area (Å²) in [5, 5.41) is 3.06. The summed E-state index contributed by atoms with van der Waals surface area (Å²) in [6.45, 7) is 4.49. The van der Waals surface area contributed by atoms with E-state index in [0.717, 1.165) is 59.7 Å². The first kappa shape index (κ1) is 20.7. The number of thiophene rings is 1. The minimum Gasteiger partial charge on any atom is -0.465 e. The molecule has 1 unspecified atom stereocenters. The van der Waals surface area contributed by atoms with Crippen LogP contribution in [0.4, 0.5) is 0 Å². The fraction of sp³-hybridized carbons (Fsp3) is 0.450. The molecule has 1 atom stereocenters.